The van der Waals surface area contributed by atoms with Gasteiger partial charge in [-0.3, -0.25) is 9.69 Å². The summed E-state index contributed by atoms with van der Waals surface area (Å²) >= 11 is 0. The van der Waals surface area contributed by atoms with E-state index in [4.69, 9.17) is 0 Å². The predicted octanol–water partition coefficient (Wildman–Crippen LogP) is 2.97. The van der Waals surface area contributed by atoms with Crippen LogP contribution in [0.3, 0.4) is 0 Å². The lowest BCUT2D eigenvalue weighted by molar-refractivity contribution is 0.0823. The summed E-state index contributed by atoms with van der Waals surface area (Å²) in [7, 11) is 0. The number of aromatic nitrogens is 3. The van der Waals surface area contributed by atoms with Crippen LogP contribution in [0, 0.1) is 0 Å². The maximum atomic E-state index is 12.8. The number of nitrogens with one attached hydrogen (secondary N) is 2. The van der Waals surface area contributed by atoms with Crippen LogP contribution in [0.2, 0.25) is 0 Å². The molecule has 2 N–H and O–H groups in total. The number of hydrogen-bond donors (Lipinski definition) is 2. The third-order valence-corrected chi connectivity index (χ3v) is 6.85. The molecular weight excluding hydrogens is 435 g/mol. The third kappa shape index (κ3) is 5.40. The van der Waals surface area contributed by atoms with E-state index in [1.54, 1.807) is 0 Å². The van der Waals surface area contributed by atoms with E-state index in [1.807, 2.05) is 10.9 Å². The molecule has 2 atom stereocenters. The van der Waals surface area contributed by atoms with Crippen molar-refractivity contribution in [2.75, 3.05) is 13.1 Å². The van der Waals surface area contributed by atoms with E-state index in [0.717, 1.165) is 45.3 Å². The number of piperidine rings is 2. The summed E-state index contributed by atoms with van der Waals surface area (Å²) in [5.74, 6) is -0.0777. The lowest BCUT2D eigenvalue weighted by atomic mass is 9.96. The molecule has 2 aromatic rings. The average Bonchev–Trinajstić information content (AvgIpc) is 3.33. The van der Waals surface area contributed by atoms with Gasteiger partial charge in [0.1, 0.15) is 0 Å². The number of amides is 1. The third-order valence-electron chi connectivity index (χ3n) is 6.85. The molecule has 31 heavy (non-hydrogen) atoms. The Morgan fingerprint density at radius 3 is 2.35 bits per heavy atom. The molecule has 2 unspecified atom stereocenters. The molecule has 3 fully saturated rings. The Kier molecular flexibility index (Phi) is 8.33. The minimum absolute atomic E-state index is 0. The zero-order chi connectivity index (χ0) is 19.6. The minimum atomic E-state index is -0.0777. The van der Waals surface area contributed by atoms with Gasteiger partial charge in [0, 0.05) is 24.7 Å². The van der Waals surface area contributed by atoms with E-state index in [2.05, 4.69) is 56.2 Å². The molecule has 1 amide bonds. The number of hydrogen-bond acceptors (Lipinski definition) is 5. The first-order valence-electron chi connectivity index (χ1n) is 11.0. The molecule has 7 nitrogen and oxygen atoms in total. The zero-order valence-electron chi connectivity index (χ0n) is 17.7. The number of nitrogens with zero attached hydrogens (tertiary/aromatic N) is 4. The van der Waals surface area contributed by atoms with Crippen LogP contribution >= 0.6 is 24.8 Å². The average molecular weight is 467 g/mol. The van der Waals surface area contributed by atoms with Gasteiger partial charge in [0.05, 0.1) is 12.2 Å². The highest BCUT2D eigenvalue weighted by atomic mass is 35.5. The molecule has 0 spiro atoms. The van der Waals surface area contributed by atoms with E-state index in [-0.39, 0.29) is 36.8 Å². The Morgan fingerprint density at radius 1 is 1.00 bits per heavy atom. The number of rotatable bonds is 5. The topological polar surface area (TPSA) is 75.1 Å². The monoisotopic (exact) mass is 466 g/mol. The molecule has 0 saturated carbocycles. The number of fused-ring (bicyclic) bond motifs is 2. The van der Waals surface area contributed by atoms with Gasteiger partial charge in [0.2, 0.25) is 0 Å². The van der Waals surface area contributed by atoms with E-state index < -0.39 is 0 Å². The van der Waals surface area contributed by atoms with Gasteiger partial charge in [0.25, 0.3) is 5.91 Å². The van der Waals surface area contributed by atoms with Crippen molar-refractivity contribution in [2.45, 2.75) is 69.2 Å². The summed E-state index contributed by atoms with van der Waals surface area (Å²) in [5.41, 5.74) is 1.82. The summed E-state index contributed by atoms with van der Waals surface area (Å²) in [6.07, 6.45) is 8.41. The van der Waals surface area contributed by atoms with Gasteiger partial charge in [-0.25, -0.2) is 4.68 Å². The van der Waals surface area contributed by atoms with Crippen molar-refractivity contribution in [3.8, 4) is 0 Å². The molecule has 170 valence electrons. The zero-order valence-corrected chi connectivity index (χ0v) is 19.3. The van der Waals surface area contributed by atoms with Gasteiger partial charge >= 0.3 is 0 Å². The number of carbonyl (C=O) groups is 1. The van der Waals surface area contributed by atoms with E-state index in [0.29, 0.717) is 23.8 Å². The van der Waals surface area contributed by atoms with Crippen LogP contribution in [0.15, 0.2) is 36.5 Å². The molecule has 3 aliphatic rings. The Balaban J connectivity index is 0.00000136. The van der Waals surface area contributed by atoms with Gasteiger partial charge in [-0.1, -0.05) is 35.5 Å². The molecule has 2 bridgehead atoms. The molecule has 5 rings (SSSR count). The fraction of sp³-hybridized carbons (Fsp3) is 0.591. The van der Waals surface area contributed by atoms with Crippen molar-refractivity contribution in [3.05, 3.63) is 47.8 Å². The number of halogens is 2. The fourth-order valence-corrected chi connectivity index (χ4v) is 5.33. The van der Waals surface area contributed by atoms with Gasteiger partial charge in [-0.15, -0.1) is 29.9 Å². The number of benzene rings is 1. The highest BCUT2D eigenvalue weighted by molar-refractivity contribution is 5.92. The maximum Gasteiger partial charge on any atom is 0.273 e. The van der Waals surface area contributed by atoms with Crippen LogP contribution in [0.4, 0.5) is 0 Å². The van der Waals surface area contributed by atoms with Crippen molar-refractivity contribution in [1.29, 1.82) is 0 Å². The molecular formula is C22H32Cl2N6O. The van der Waals surface area contributed by atoms with Gasteiger partial charge in [-0.2, -0.15) is 0 Å². The smallest absolute Gasteiger partial charge is 0.273 e. The first-order chi connectivity index (χ1) is 14.3. The van der Waals surface area contributed by atoms with Crippen molar-refractivity contribution in [3.63, 3.8) is 0 Å². The molecule has 1 aromatic carbocycles. The Bertz CT molecular complexity index is 828. The first kappa shape index (κ1) is 24.0. The van der Waals surface area contributed by atoms with Crippen LogP contribution in [-0.2, 0) is 6.54 Å². The standard InChI is InChI=1S/C22H30N6O.2ClH/c29-22(21-15-28(26-25-21)18-8-10-23-11-9-18)24-17-12-19-6-7-20(13-17)27(19)14-16-4-2-1-3-5-16;;/h1-5,15,17-20,23H,6-14H2,(H,24,29);2*1H. The Labute approximate surface area is 196 Å². The molecule has 3 saturated heterocycles. The highest BCUT2D eigenvalue weighted by Crippen LogP contribution is 2.36. The van der Waals surface area contributed by atoms with Gasteiger partial charge in [0.15, 0.2) is 5.69 Å². The predicted molar refractivity (Wildman–Crippen MR) is 125 cm³/mol. The maximum absolute atomic E-state index is 12.8. The molecule has 9 heteroatoms. The Hall–Kier alpha value is -1.67. The quantitative estimate of drug-likeness (QED) is 0.708. The van der Waals surface area contributed by atoms with Crippen LogP contribution in [0.1, 0.15) is 60.6 Å². The van der Waals surface area contributed by atoms with Crippen LogP contribution < -0.4 is 10.6 Å². The minimum Gasteiger partial charge on any atom is -0.348 e. The van der Waals surface area contributed by atoms with Gasteiger partial charge < -0.3 is 10.6 Å². The SMILES string of the molecule is Cl.Cl.O=C(NC1CC2CCC(C1)N2Cc1ccccc1)c1cn(C2CCNCC2)nn1. The first-order valence-corrected chi connectivity index (χ1v) is 11.0. The van der Waals surface area contributed by atoms with Crippen LogP contribution in [0.25, 0.3) is 0 Å². The second-order valence-corrected chi connectivity index (χ2v) is 8.75. The number of carbonyl (C=O) groups excluding carboxylic acids is 1. The summed E-state index contributed by atoms with van der Waals surface area (Å²) in [4.78, 5) is 15.4. The molecule has 0 radical (unpaired) electrons. The molecule has 4 heterocycles. The summed E-state index contributed by atoms with van der Waals surface area (Å²) in [6.45, 7) is 3.01. The lowest BCUT2D eigenvalue weighted by Crippen LogP contribution is -2.50. The molecule has 1 aromatic heterocycles. The molecule has 3 aliphatic heterocycles. The van der Waals surface area contributed by atoms with Crippen molar-refractivity contribution in [1.82, 2.24) is 30.5 Å². The second-order valence-electron chi connectivity index (χ2n) is 8.75. The van der Waals surface area contributed by atoms with Crippen molar-refractivity contribution >= 4 is 30.7 Å². The summed E-state index contributed by atoms with van der Waals surface area (Å²) < 4.78 is 1.88. The molecule has 0 aliphatic carbocycles. The van der Waals surface area contributed by atoms with Crippen molar-refractivity contribution in [2.24, 2.45) is 0 Å². The largest absolute Gasteiger partial charge is 0.348 e. The highest BCUT2D eigenvalue weighted by Gasteiger charge is 2.41. The summed E-state index contributed by atoms with van der Waals surface area (Å²) in [5, 5.41) is 15.0. The van der Waals surface area contributed by atoms with Crippen molar-refractivity contribution < 1.29 is 4.79 Å². The Morgan fingerprint density at radius 2 is 1.68 bits per heavy atom. The lowest BCUT2D eigenvalue weighted by Gasteiger charge is -2.39. The summed E-state index contributed by atoms with van der Waals surface area (Å²) in [6, 6.07) is 12.4. The van der Waals surface area contributed by atoms with Crippen LogP contribution in [0.5, 0.6) is 0 Å². The second kappa shape index (κ2) is 10.8. The van der Waals surface area contributed by atoms with E-state index in [9.17, 15) is 4.79 Å². The van der Waals surface area contributed by atoms with E-state index in [1.165, 1.54) is 18.4 Å². The van der Waals surface area contributed by atoms with E-state index >= 15 is 0 Å². The fourth-order valence-electron chi connectivity index (χ4n) is 5.33. The van der Waals surface area contributed by atoms with Crippen LogP contribution in [-0.4, -0.2) is 57.0 Å². The van der Waals surface area contributed by atoms with Gasteiger partial charge in [-0.05, 0) is 57.2 Å². The normalized spacial score (nSPS) is 26.0.